The Bertz CT molecular complexity index is 904. The van der Waals surface area contributed by atoms with Crippen molar-refractivity contribution in [1.29, 1.82) is 0 Å². The van der Waals surface area contributed by atoms with Crippen molar-refractivity contribution in [3.05, 3.63) is 52.8 Å². The summed E-state index contributed by atoms with van der Waals surface area (Å²) in [6.45, 7) is 3.47. The number of hydrogen-bond acceptors (Lipinski definition) is 4. The van der Waals surface area contributed by atoms with E-state index < -0.39 is 0 Å². The van der Waals surface area contributed by atoms with E-state index in [2.05, 4.69) is 26.8 Å². The number of amides is 1. The summed E-state index contributed by atoms with van der Waals surface area (Å²) in [6, 6.07) is 9.22. The fourth-order valence-corrected chi connectivity index (χ4v) is 2.94. The number of aromatic nitrogens is 3. The number of pyridine rings is 1. The number of carbonyl (C=O) groups excluding carboxylic acids is 1. The summed E-state index contributed by atoms with van der Waals surface area (Å²) in [6.07, 6.45) is 3.10. The van der Waals surface area contributed by atoms with Crippen LogP contribution in [-0.4, -0.2) is 27.2 Å². The lowest BCUT2D eigenvalue weighted by Gasteiger charge is -2.07. The average Bonchev–Trinajstić information content (AvgIpc) is 2.90. The minimum Gasteiger partial charge on any atom is -0.326 e. The molecule has 2 heterocycles. The molecule has 0 fully saturated rings. The number of nitrogens with zero attached hydrogens (tertiary/aromatic N) is 3. The highest BCUT2D eigenvalue weighted by Crippen LogP contribution is 2.16. The second-order valence-corrected chi connectivity index (χ2v) is 6.70. The molecule has 0 saturated heterocycles. The smallest absolute Gasteiger partial charge is 0.224 e. The first-order chi connectivity index (χ1) is 12.5. The summed E-state index contributed by atoms with van der Waals surface area (Å²) >= 11 is 5.83. The van der Waals surface area contributed by atoms with Gasteiger partial charge in [-0.3, -0.25) is 9.48 Å². The van der Waals surface area contributed by atoms with E-state index in [1.54, 1.807) is 28.9 Å². The third-order valence-electron chi connectivity index (χ3n) is 4.13. The van der Waals surface area contributed by atoms with Gasteiger partial charge in [-0.1, -0.05) is 11.6 Å². The molecular weight excluding hydrogens is 350 g/mol. The molecule has 0 aliphatic heterocycles. The van der Waals surface area contributed by atoms with Crippen molar-refractivity contribution in [2.45, 2.75) is 26.3 Å². The van der Waals surface area contributed by atoms with Gasteiger partial charge < -0.3 is 10.6 Å². The molecule has 2 N–H and O–H groups in total. The molecule has 0 aliphatic carbocycles. The van der Waals surface area contributed by atoms with Crippen molar-refractivity contribution in [3.8, 4) is 0 Å². The normalized spacial score (nSPS) is 11.0. The molecule has 1 amide bonds. The molecule has 1 aromatic carbocycles. The lowest BCUT2D eigenvalue weighted by molar-refractivity contribution is -0.116. The van der Waals surface area contributed by atoms with Crippen LogP contribution in [0.25, 0.3) is 11.0 Å². The lowest BCUT2D eigenvalue weighted by Crippen LogP contribution is -2.18. The summed E-state index contributed by atoms with van der Waals surface area (Å²) in [5.41, 5.74) is 3.75. The van der Waals surface area contributed by atoms with E-state index in [4.69, 9.17) is 11.6 Å². The van der Waals surface area contributed by atoms with Crippen molar-refractivity contribution in [3.63, 3.8) is 0 Å². The van der Waals surface area contributed by atoms with E-state index in [0.29, 0.717) is 11.4 Å². The van der Waals surface area contributed by atoms with Crippen molar-refractivity contribution in [2.24, 2.45) is 7.05 Å². The standard InChI is InChI=1S/C19H22ClN5O/c1-13-17-10-14(12-22-19(17)25(2)24-13)11-21-9-3-4-18(26)23-16-7-5-15(20)6-8-16/h5-8,10,12,21H,3-4,9,11H2,1-2H3,(H,23,26). The molecule has 0 atom stereocenters. The summed E-state index contributed by atoms with van der Waals surface area (Å²) < 4.78 is 1.79. The zero-order chi connectivity index (χ0) is 18.5. The molecule has 7 heteroatoms. The van der Waals surface area contributed by atoms with Crippen molar-refractivity contribution < 1.29 is 4.79 Å². The van der Waals surface area contributed by atoms with Gasteiger partial charge in [0.2, 0.25) is 5.91 Å². The van der Waals surface area contributed by atoms with Crippen LogP contribution in [0.3, 0.4) is 0 Å². The van der Waals surface area contributed by atoms with Crippen LogP contribution in [-0.2, 0) is 18.4 Å². The molecule has 0 radical (unpaired) electrons. The summed E-state index contributed by atoms with van der Waals surface area (Å²) in [5, 5.41) is 12.3. The second kappa shape index (κ2) is 8.29. The van der Waals surface area contributed by atoms with Gasteiger partial charge in [0, 0.05) is 42.3 Å². The van der Waals surface area contributed by atoms with Crippen molar-refractivity contribution in [2.75, 3.05) is 11.9 Å². The molecule has 2 aromatic heterocycles. The van der Waals surface area contributed by atoms with Crippen LogP contribution < -0.4 is 10.6 Å². The highest BCUT2D eigenvalue weighted by molar-refractivity contribution is 6.30. The number of nitrogens with one attached hydrogen (secondary N) is 2. The number of aryl methyl sites for hydroxylation is 2. The maximum Gasteiger partial charge on any atom is 0.224 e. The van der Waals surface area contributed by atoms with E-state index >= 15 is 0 Å². The third kappa shape index (κ3) is 4.59. The first-order valence-corrected chi connectivity index (χ1v) is 8.95. The van der Waals surface area contributed by atoms with Crippen LogP contribution in [0.5, 0.6) is 0 Å². The molecule has 0 saturated carbocycles. The number of anilines is 1. The summed E-state index contributed by atoms with van der Waals surface area (Å²) in [5.74, 6) is 0.00296. The highest BCUT2D eigenvalue weighted by atomic mass is 35.5. The molecular formula is C19H22ClN5O. The van der Waals surface area contributed by atoms with Gasteiger partial charge in [-0.2, -0.15) is 5.10 Å². The fraction of sp³-hybridized carbons (Fsp3) is 0.316. The topological polar surface area (TPSA) is 71.8 Å². The monoisotopic (exact) mass is 371 g/mol. The molecule has 0 aliphatic rings. The molecule has 136 valence electrons. The maximum atomic E-state index is 11.9. The van der Waals surface area contributed by atoms with Crippen LogP contribution in [0.1, 0.15) is 24.1 Å². The quantitative estimate of drug-likeness (QED) is 0.624. The van der Waals surface area contributed by atoms with Crippen molar-refractivity contribution in [1.82, 2.24) is 20.1 Å². The summed E-state index contributed by atoms with van der Waals surface area (Å²) in [4.78, 5) is 16.4. The van der Waals surface area contributed by atoms with Gasteiger partial charge in [-0.15, -0.1) is 0 Å². The van der Waals surface area contributed by atoms with Gasteiger partial charge in [0.05, 0.1) is 5.69 Å². The van der Waals surface area contributed by atoms with Crippen molar-refractivity contribution >= 4 is 34.2 Å². The van der Waals surface area contributed by atoms with E-state index in [1.807, 2.05) is 20.2 Å². The Balaban J connectivity index is 1.40. The Hall–Kier alpha value is -2.44. The minimum atomic E-state index is 0.00296. The number of hydrogen-bond donors (Lipinski definition) is 2. The zero-order valence-corrected chi connectivity index (χ0v) is 15.7. The number of benzene rings is 1. The SMILES string of the molecule is Cc1nn(C)c2ncc(CNCCCC(=O)Nc3ccc(Cl)cc3)cc12. The largest absolute Gasteiger partial charge is 0.326 e. The predicted molar refractivity (Wildman–Crippen MR) is 104 cm³/mol. The lowest BCUT2D eigenvalue weighted by atomic mass is 10.2. The number of fused-ring (bicyclic) bond motifs is 1. The fourth-order valence-electron chi connectivity index (χ4n) is 2.81. The van der Waals surface area contributed by atoms with Crippen LogP contribution in [0.4, 0.5) is 5.69 Å². The number of halogens is 1. The Morgan fingerprint density at radius 3 is 2.81 bits per heavy atom. The molecule has 0 spiro atoms. The van der Waals surface area contributed by atoms with Crippen LogP contribution in [0.2, 0.25) is 5.02 Å². The van der Waals surface area contributed by atoms with E-state index in [1.165, 1.54) is 0 Å². The van der Waals surface area contributed by atoms with Gasteiger partial charge >= 0.3 is 0 Å². The van der Waals surface area contributed by atoms with Gasteiger partial charge in [0.1, 0.15) is 0 Å². The Labute approximate surface area is 157 Å². The van der Waals surface area contributed by atoms with E-state index in [9.17, 15) is 4.79 Å². The minimum absolute atomic E-state index is 0.00296. The first-order valence-electron chi connectivity index (χ1n) is 8.57. The van der Waals surface area contributed by atoms with Crippen LogP contribution >= 0.6 is 11.6 Å². The highest BCUT2D eigenvalue weighted by Gasteiger charge is 2.07. The molecule has 0 bridgehead atoms. The zero-order valence-electron chi connectivity index (χ0n) is 14.9. The van der Waals surface area contributed by atoms with Gasteiger partial charge in [0.25, 0.3) is 0 Å². The van der Waals surface area contributed by atoms with E-state index in [-0.39, 0.29) is 5.91 Å². The Morgan fingerprint density at radius 1 is 1.27 bits per heavy atom. The number of rotatable bonds is 7. The van der Waals surface area contributed by atoms with Crippen LogP contribution in [0.15, 0.2) is 36.5 Å². The summed E-state index contributed by atoms with van der Waals surface area (Å²) in [7, 11) is 1.90. The van der Waals surface area contributed by atoms with Gasteiger partial charge in [0.15, 0.2) is 5.65 Å². The second-order valence-electron chi connectivity index (χ2n) is 6.26. The molecule has 0 unspecified atom stereocenters. The Morgan fingerprint density at radius 2 is 2.04 bits per heavy atom. The molecule has 3 rings (SSSR count). The van der Waals surface area contributed by atoms with Gasteiger partial charge in [-0.25, -0.2) is 4.98 Å². The Kier molecular flexibility index (Phi) is 5.85. The molecule has 3 aromatic rings. The molecule has 26 heavy (non-hydrogen) atoms. The first kappa shape index (κ1) is 18.4. The third-order valence-corrected chi connectivity index (χ3v) is 4.39. The number of carbonyl (C=O) groups is 1. The average molecular weight is 372 g/mol. The van der Waals surface area contributed by atoms with Gasteiger partial charge in [-0.05, 0) is 55.8 Å². The molecule has 6 nitrogen and oxygen atoms in total. The van der Waals surface area contributed by atoms with E-state index in [0.717, 1.165) is 47.5 Å². The predicted octanol–water partition coefficient (Wildman–Crippen LogP) is 3.44. The maximum absolute atomic E-state index is 11.9. The van der Waals surface area contributed by atoms with Crippen LogP contribution in [0, 0.1) is 6.92 Å².